The Morgan fingerprint density at radius 3 is 2.63 bits per heavy atom. The van der Waals surface area contributed by atoms with Crippen LogP contribution in [0.2, 0.25) is 0 Å². The Morgan fingerprint density at radius 2 is 2.05 bits per heavy atom. The molecule has 4 heteroatoms. The molecule has 0 unspecified atom stereocenters. The molecule has 100 valence electrons. The molecule has 1 aromatic carbocycles. The first kappa shape index (κ1) is 13.3. The number of aromatic nitrogens is 2. The van der Waals surface area contributed by atoms with E-state index in [1.54, 1.807) is 0 Å². The lowest BCUT2D eigenvalue weighted by molar-refractivity contribution is -0.671. The van der Waals surface area contributed by atoms with Crippen LogP contribution in [-0.4, -0.2) is 17.0 Å². The first-order valence-electron chi connectivity index (χ1n) is 6.46. The Bertz CT molecular complexity index is 544. The highest BCUT2D eigenvalue weighted by molar-refractivity contribution is 5.95. The van der Waals surface area contributed by atoms with E-state index < -0.39 is 0 Å². The fourth-order valence-electron chi connectivity index (χ4n) is 1.81. The highest BCUT2D eigenvalue weighted by atomic mass is 16.5. The standard InChI is InChI=1S/C15H19N2O2/c1-3-10-19-14-6-4-13(5-7-14)15(18)11-17-9-8-16(2)12-17/h4-9,12H,3,10-11H2,1-2H3/q+1. The SMILES string of the molecule is CCCOc1ccc(C(=O)Cn2cc[n+](C)c2)cc1. The summed E-state index contributed by atoms with van der Waals surface area (Å²) in [6, 6.07) is 7.32. The molecule has 1 heterocycles. The predicted octanol–water partition coefficient (Wildman–Crippen LogP) is 1.98. The van der Waals surface area contributed by atoms with E-state index in [0.29, 0.717) is 18.7 Å². The lowest BCUT2D eigenvalue weighted by Gasteiger charge is -2.04. The van der Waals surface area contributed by atoms with Crippen molar-refractivity contribution >= 4 is 5.78 Å². The second-order valence-corrected chi connectivity index (χ2v) is 4.55. The van der Waals surface area contributed by atoms with Gasteiger partial charge in [0.1, 0.15) is 18.1 Å². The third kappa shape index (κ3) is 3.68. The Hall–Kier alpha value is -2.10. The number of nitrogens with zero attached hydrogens (tertiary/aromatic N) is 2. The van der Waals surface area contributed by atoms with Crippen molar-refractivity contribution < 1.29 is 14.1 Å². The molecule has 2 rings (SSSR count). The first-order valence-corrected chi connectivity index (χ1v) is 6.46. The number of carbonyl (C=O) groups excluding carboxylic acids is 1. The number of hydrogen-bond donors (Lipinski definition) is 0. The molecule has 0 fully saturated rings. The summed E-state index contributed by atoms with van der Waals surface area (Å²) >= 11 is 0. The minimum atomic E-state index is 0.0956. The largest absolute Gasteiger partial charge is 0.494 e. The van der Waals surface area contributed by atoms with Crippen LogP contribution >= 0.6 is 0 Å². The zero-order valence-corrected chi connectivity index (χ0v) is 11.4. The van der Waals surface area contributed by atoms with Crippen LogP contribution in [0.5, 0.6) is 5.75 Å². The fourth-order valence-corrected chi connectivity index (χ4v) is 1.81. The molecule has 19 heavy (non-hydrogen) atoms. The van der Waals surface area contributed by atoms with Crippen molar-refractivity contribution in [3.8, 4) is 5.75 Å². The number of ether oxygens (including phenoxy) is 1. The number of imidazole rings is 1. The molecule has 0 saturated carbocycles. The third-order valence-electron chi connectivity index (χ3n) is 2.80. The zero-order chi connectivity index (χ0) is 13.7. The smallest absolute Gasteiger partial charge is 0.243 e. The number of hydrogen-bond acceptors (Lipinski definition) is 2. The van der Waals surface area contributed by atoms with Crippen molar-refractivity contribution in [2.24, 2.45) is 7.05 Å². The lowest BCUT2D eigenvalue weighted by atomic mass is 10.1. The van der Waals surface area contributed by atoms with Crippen LogP contribution in [0.4, 0.5) is 0 Å². The average Bonchev–Trinajstić information content (AvgIpc) is 2.82. The Kier molecular flexibility index (Phi) is 4.34. The molecular weight excluding hydrogens is 240 g/mol. The van der Waals surface area contributed by atoms with Crippen molar-refractivity contribution in [2.45, 2.75) is 19.9 Å². The van der Waals surface area contributed by atoms with Crippen LogP contribution in [0, 0.1) is 0 Å². The van der Waals surface area contributed by atoms with E-state index in [2.05, 4.69) is 6.92 Å². The van der Waals surface area contributed by atoms with Crippen molar-refractivity contribution in [3.63, 3.8) is 0 Å². The van der Waals surface area contributed by atoms with Gasteiger partial charge in [-0.15, -0.1) is 0 Å². The van der Waals surface area contributed by atoms with E-state index in [1.807, 2.05) is 59.2 Å². The highest BCUT2D eigenvalue weighted by Gasteiger charge is 2.10. The molecule has 0 aliphatic rings. The quantitative estimate of drug-likeness (QED) is 0.587. The van der Waals surface area contributed by atoms with E-state index in [-0.39, 0.29) is 5.78 Å². The molecule has 0 saturated heterocycles. The Labute approximate surface area is 113 Å². The third-order valence-corrected chi connectivity index (χ3v) is 2.80. The minimum Gasteiger partial charge on any atom is -0.494 e. The van der Waals surface area contributed by atoms with Gasteiger partial charge < -0.3 is 4.74 Å². The van der Waals surface area contributed by atoms with Gasteiger partial charge in [0.25, 0.3) is 0 Å². The summed E-state index contributed by atoms with van der Waals surface area (Å²) in [5, 5.41) is 0. The maximum Gasteiger partial charge on any atom is 0.243 e. The summed E-state index contributed by atoms with van der Waals surface area (Å²) in [4.78, 5) is 12.1. The van der Waals surface area contributed by atoms with Gasteiger partial charge in [-0.1, -0.05) is 6.92 Å². The van der Waals surface area contributed by atoms with Gasteiger partial charge >= 0.3 is 0 Å². The topological polar surface area (TPSA) is 35.1 Å². The van der Waals surface area contributed by atoms with Crippen LogP contribution in [0.25, 0.3) is 0 Å². The Balaban J connectivity index is 1.99. The Morgan fingerprint density at radius 1 is 1.32 bits per heavy atom. The van der Waals surface area contributed by atoms with Crippen LogP contribution in [0.3, 0.4) is 0 Å². The van der Waals surface area contributed by atoms with Crippen LogP contribution in [0.1, 0.15) is 23.7 Å². The fraction of sp³-hybridized carbons (Fsp3) is 0.333. The summed E-state index contributed by atoms with van der Waals surface area (Å²) in [6.45, 7) is 3.12. The number of aryl methyl sites for hydroxylation is 1. The van der Waals surface area contributed by atoms with Gasteiger partial charge in [0, 0.05) is 5.56 Å². The summed E-state index contributed by atoms with van der Waals surface area (Å²) in [6.07, 6.45) is 6.66. The van der Waals surface area contributed by atoms with Gasteiger partial charge in [-0.25, -0.2) is 9.13 Å². The van der Waals surface area contributed by atoms with Crippen molar-refractivity contribution in [1.29, 1.82) is 0 Å². The van der Waals surface area contributed by atoms with E-state index in [9.17, 15) is 4.79 Å². The van der Waals surface area contributed by atoms with E-state index >= 15 is 0 Å². The van der Waals surface area contributed by atoms with Crippen molar-refractivity contribution in [1.82, 2.24) is 4.57 Å². The number of rotatable bonds is 6. The van der Waals surface area contributed by atoms with Crippen molar-refractivity contribution in [3.05, 3.63) is 48.5 Å². The van der Waals surface area contributed by atoms with Crippen LogP contribution < -0.4 is 9.30 Å². The highest BCUT2D eigenvalue weighted by Crippen LogP contribution is 2.13. The molecule has 0 radical (unpaired) electrons. The normalized spacial score (nSPS) is 10.4. The van der Waals surface area contributed by atoms with Gasteiger partial charge in [-0.2, -0.15) is 0 Å². The summed E-state index contributed by atoms with van der Waals surface area (Å²) in [5.74, 6) is 0.906. The maximum absolute atomic E-state index is 12.1. The number of ketones is 1. The predicted molar refractivity (Wildman–Crippen MR) is 72.2 cm³/mol. The number of Topliss-reactive ketones (excluding diaryl/α,β-unsaturated/α-hetero) is 1. The van der Waals surface area contributed by atoms with Gasteiger partial charge in [0.15, 0.2) is 6.54 Å². The molecule has 0 amide bonds. The van der Waals surface area contributed by atoms with Crippen molar-refractivity contribution in [2.75, 3.05) is 6.61 Å². The molecule has 4 nitrogen and oxygen atoms in total. The number of carbonyl (C=O) groups is 1. The number of benzene rings is 1. The second-order valence-electron chi connectivity index (χ2n) is 4.55. The van der Waals surface area contributed by atoms with Gasteiger partial charge in [0.05, 0.1) is 13.7 Å². The molecule has 0 bridgehead atoms. The maximum atomic E-state index is 12.1. The van der Waals surface area contributed by atoms with Gasteiger partial charge in [-0.05, 0) is 30.7 Å². The summed E-state index contributed by atoms with van der Waals surface area (Å²) in [5.41, 5.74) is 0.709. The van der Waals surface area contributed by atoms with Crippen LogP contribution in [0.15, 0.2) is 43.0 Å². The molecule has 0 N–H and O–H groups in total. The van der Waals surface area contributed by atoms with E-state index in [4.69, 9.17) is 4.74 Å². The lowest BCUT2D eigenvalue weighted by Crippen LogP contribution is -2.24. The average molecular weight is 259 g/mol. The summed E-state index contributed by atoms with van der Waals surface area (Å²) in [7, 11) is 1.93. The van der Waals surface area contributed by atoms with Gasteiger partial charge in [0.2, 0.25) is 12.1 Å². The van der Waals surface area contributed by atoms with E-state index in [1.165, 1.54) is 0 Å². The molecule has 0 atom stereocenters. The van der Waals surface area contributed by atoms with Gasteiger partial charge in [-0.3, -0.25) is 4.79 Å². The first-order chi connectivity index (χ1) is 9.19. The molecule has 1 aromatic heterocycles. The zero-order valence-electron chi connectivity index (χ0n) is 11.4. The molecule has 0 spiro atoms. The van der Waals surface area contributed by atoms with E-state index in [0.717, 1.165) is 12.2 Å². The molecule has 0 aliphatic heterocycles. The molecule has 0 aliphatic carbocycles. The second kappa shape index (κ2) is 6.18. The van der Waals surface area contributed by atoms with Crippen LogP contribution in [-0.2, 0) is 13.6 Å². The molecule has 2 aromatic rings. The summed E-state index contributed by atoms with van der Waals surface area (Å²) < 4.78 is 9.27. The monoisotopic (exact) mass is 259 g/mol. The molecular formula is C15H19N2O2+. The minimum absolute atomic E-state index is 0.0956.